The number of rotatable bonds is 7. The first-order valence-electron chi connectivity index (χ1n) is 18.8. The molecule has 0 saturated carbocycles. The highest BCUT2D eigenvalue weighted by atomic mass is 32.1. The molecule has 0 aliphatic rings. The van der Waals surface area contributed by atoms with Crippen LogP contribution in [0.1, 0.15) is 5.56 Å². The molecule has 0 fully saturated rings. The van der Waals surface area contributed by atoms with Gasteiger partial charge in [0.15, 0.2) is 0 Å². The molecule has 0 bridgehead atoms. The smallest absolute Gasteiger partial charge is 0.0546 e. The minimum absolute atomic E-state index is 1.10. The van der Waals surface area contributed by atoms with Crippen molar-refractivity contribution in [3.63, 3.8) is 0 Å². The van der Waals surface area contributed by atoms with Gasteiger partial charge in [-0.3, -0.25) is 0 Å². The molecule has 0 spiro atoms. The molecule has 10 aromatic rings. The lowest BCUT2D eigenvalue weighted by molar-refractivity contribution is 1.30. The Morgan fingerprint density at radius 2 is 1.02 bits per heavy atom. The van der Waals surface area contributed by atoms with Crippen LogP contribution in [0, 0.1) is 6.92 Å². The van der Waals surface area contributed by atoms with Crippen LogP contribution in [0.25, 0.3) is 75.5 Å². The molecule has 1 aromatic heterocycles. The fourth-order valence-electron chi connectivity index (χ4n) is 8.17. The molecule has 0 amide bonds. The van der Waals surface area contributed by atoms with Crippen LogP contribution in [0.3, 0.4) is 0 Å². The molecule has 0 aliphatic heterocycles. The second-order valence-electron chi connectivity index (χ2n) is 14.2. The Bertz CT molecular complexity index is 2960. The summed E-state index contributed by atoms with van der Waals surface area (Å²) in [5.41, 5.74) is 14.3. The lowest BCUT2D eigenvalue weighted by Crippen LogP contribution is -2.11. The summed E-state index contributed by atoms with van der Waals surface area (Å²) in [7, 11) is 0. The van der Waals surface area contributed by atoms with E-state index in [1.165, 1.54) is 81.0 Å². The molecule has 260 valence electrons. The number of aryl methyl sites for hydroxylation is 1. The molecule has 10 rings (SSSR count). The lowest BCUT2D eigenvalue weighted by Gasteiger charge is -2.29. The molecule has 0 atom stereocenters. The Morgan fingerprint density at radius 1 is 0.382 bits per heavy atom. The van der Waals surface area contributed by atoms with Gasteiger partial charge in [0.05, 0.1) is 5.69 Å². The maximum atomic E-state index is 2.45. The van der Waals surface area contributed by atoms with Crippen LogP contribution in [-0.2, 0) is 0 Å². The molecule has 0 aliphatic carbocycles. The van der Waals surface area contributed by atoms with Gasteiger partial charge in [-0.25, -0.2) is 0 Å². The van der Waals surface area contributed by atoms with Gasteiger partial charge in [0.1, 0.15) is 0 Å². The zero-order chi connectivity index (χ0) is 36.7. The van der Waals surface area contributed by atoms with Crippen LogP contribution < -0.4 is 4.90 Å². The number of anilines is 3. The highest BCUT2D eigenvalue weighted by molar-refractivity contribution is 7.25. The minimum Gasteiger partial charge on any atom is -0.310 e. The van der Waals surface area contributed by atoms with Gasteiger partial charge in [-0.05, 0) is 105 Å². The summed E-state index contributed by atoms with van der Waals surface area (Å²) < 4.78 is 2.61. The van der Waals surface area contributed by atoms with Crippen molar-refractivity contribution in [2.24, 2.45) is 0 Å². The van der Waals surface area contributed by atoms with Crippen LogP contribution in [0.15, 0.2) is 206 Å². The summed E-state index contributed by atoms with van der Waals surface area (Å²) in [5.74, 6) is 0. The molecule has 9 aromatic carbocycles. The Labute approximate surface area is 326 Å². The summed E-state index contributed by atoms with van der Waals surface area (Å²) in [6.45, 7) is 2.22. The summed E-state index contributed by atoms with van der Waals surface area (Å²) in [4.78, 5) is 2.45. The van der Waals surface area contributed by atoms with E-state index in [-0.39, 0.29) is 0 Å². The van der Waals surface area contributed by atoms with Crippen LogP contribution in [0.2, 0.25) is 0 Å². The predicted molar refractivity (Wildman–Crippen MR) is 238 cm³/mol. The van der Waals surface area contributed by atoms with Crippen molar-refractivity contribution in [3.05, 3.63) is 212 Å². The fraction of sp³-hybridized carbons (Fsp3) is 0.0189. The third kappa shape index (κ3) is 5.98. The average molecular weight is 720 g/mol. The van der Waals surface area contributed by atoms with Crippen molar-refractivity contribution in [2.75, 3.05) is 4.90 Å². The quantitative estimate of drug-likeness (QED) is 0.159. The van der Waals surface area contributed by atoms with E-state index in [4.69, 9.17) is 0 Å². The first-order valence-corrected chi connectivity index (χ1v) is 19.7. The van der Waals surface area contributed by atoms with Gasteiger partial charge < -0.3 is 4.90 Å². The molecule has 0 radical (unpaired) electrons. The van der Waals surface area contributed by atoms with Crippen molar-refractivity contribution >= 4 is 59.3 Å². The molecular formula is C53H37NS. The van der Waals surface area contributed by atoms with Crippen molar-refractivity contribution in [2.45, 2.75) is 6.92 Å². The SMILES string of the molecule is Cc1cccc2sc3cc(N(c4ccc(-c5cc(-c6ccccc6)ccc5-c5ccccc5)cc4)c4ccc5ccccc5c4-c4ccccc4)ccc3c12. The van der Waals surface area contributed by atoms with Gasteiger partial charge in [0, 0.05) is 37.1 Å². The van der Waals surface area contributed by atoms with Crippen molar-refractivity contribution < 1.29 is 0 Å². The van der Waals surface area contributed by atoms with E-state index < -0.39 is 0 Å². The highest BCUT2D eigenvalue weighted by Crippen LogP contribution is 2.47. The topological polar surface area (TPSA) is 3.24 Å². The van der Waals surface area contributed by atoms with Gasteiger partial charge in [0.2, 0.25) is 0 Å². The normalized spacial score (nSPS) is 11.4. The minimum atomic E-state index is 1.10. The number of fused-ring (bicyclic) bond motifs is 4. The third-order valence-corrected chi connectivity index (χ3v) is 11.9. The molecular weight excluding hydrogens is 683 g/mol. The van der Waals surface area contributed by atoms with Gasteiger partial charge >= 0.3 is 0 Å². The van der Waals surface area contributed by atoms with E-state index >= 15 is 0 Å². The lowest BCUT2D eigenvalue weighted by atomic mass is 9.91. The molecule has 55 heavy (non-hydrogen) atoms. The molecule has 0 N–H and O–H groups in total. The average Bonchev–Trinajstić information content (AvgIpc) is 3.64. The standard InChI is InChI=1S/C53H37NS/c1-36-14-13-23-50-52(36)47-32-30-44(35-51(47)55-50)54(49-33-27-39-19-11-12-22-46(39)53(49)41-20-9-4-10-21-41)43-28-24-40(25-29-43)48-34-42(37-15-5-2-6-16-37)26-31-45(48)38-17-7-3-8-18-38/h2-35H,1H3. The Balaban J connectivity index is 1.18. The van der Waals surface area contributed by atoms with Gasteiger partial charge in [-0.2, -0.15) is 0 Å². The molecule has 1 heterocycles. The first-order chi connectivity index (χ1) is 27.2. The fourth-order valence-corrected chi connectivity index (χ4v) is 9.38. The first kappa shape index (κ1) is 32.9. The van der Waals surface area contributed by atoms with Crippen LogP contribution >= 0.6 is 11.3 Å². The number of thiophene rings is 1. The van der Waals surface area contributed by atoms with E-state index in [2.05, 4.69) is 218 Å². The number of benzene rings is 9. The maximum absolute atomic E-state index is 2.45. The van der Waals surface area contributed by atoms with Crippen molar-refractivity contribution in [3.8, 4) is 44.5 Å². The summed E-state index contributed by atoms with van der Waals surface area (Å²) >= 11 is 1.87. The predicted octanol–water partition coefficient (Wildman–Crippen LogP) is 15.7. The van der Waals surface area contributed by atoms with Crippen molar-refractivity contribution in [1.82, 2.24) is 0 Å². The molecule has 1 nitrogen and oxygen atoms in total. The zero-order valence-electron chi connectivity index (χ0n) is 30.5. The second-order valence-corrected chi connectivity index (χ2v) is 15.2. The third-order valence-electron chi connectivity index (χ3n) is 10.8. The monoisotopic (exact) mass is 719 g/mol. The van der Waals surface area contributed by atoms with E-state index in [1.54, 1.807) is 0 Å². The maximum Gasteiger partial charge on any atom is 0.0546 e. The summed E-state index contributed by atoms with van der Waals surface area (Å²) in [5, 5.41) is 5.12. The number of nitrogens with zero attached hydrogens (tertiary/aromatic N) is 1. The largest absolute Gasteiger partial charge is 0.310 e. The van der Waals surface area contributed by atoms with E-state index in [1.807, 2.05) is 11.3 Å². The Morgan fingerprint density at radius 3 is 1.78 bits per heavy atom. The Kier molecular flexibility index (Phi) is 8.32. The summed E-state index contributed by atoms with van der Waals surface area (Å²) in [6, 6.07) is 75.2. The van der Waals surface area contributed by atoms with Gasteiger partial charge in [0.25, 0.3) is 0 Å². The highest BCUT2D eigenvalue weighted by Gasteiger charge is 2.21. The van der Waals surface area contributed by atoms with Gasteiger partial charge in [-0.1, -0.05) is 164 Å². The van der Waals surface area contributed by atoms with E-state index in [0.29, 0.717) is 0 Å². The Hall–Kier alpha value is -6.74. The molecule has 2 heteroatoms. The summed E-state index contributed by atoms with van der Waals surface area (Å²) in [6.07, 6.45) is 0. The van der Waals surface area contributed by atoms with E-state index in [0.717, 1.165) is 17.1 Å². The van der Waals surface area contributed by atoms with Crippen molar-refractivity contribution in [1.29, 1.82) is 0 Å². The second kappa shape index (κ2) is 13.9. The van der Waals surface area contributed by atoms with Gasteiger partial charge in [-0.15, -0.1) is 11.3 Å². The number of hydrogen-bond acceptors (Lipinski definition) is 2. The molecule has 0 saturated heterocycles. The zero-order valence-corrected chi connectivity index (χ0v) is 31.3. The van der Waals surface area contributed by atoms with Crippen LogP contribution in [-0.4, -0.2) is 0 Å². The molecule has 0 unspecified atom stereocenters. The van der Waals surface area contributed by atoms with E-state index in [9.17, 15) is 0 Å². The van der Waals surface area contributed by atoms with Crippen LogP contribution in [0.5, 0.6) is 0 Å². The van der Waals surface area contributed by atoms with Crippen LogP contribution in [0.4, 0.5) is 17.1 Å². The number of hydrogen-bond donors (Lipinski definition) is 0.